The van der Waals surface area contributed by atoms with Gasteiger partial charge in [0.25, 0.3) is 0 Å². The number of halogens is 2. The Hall–Kier alpha value is -0.290. The van der Waals surface area contributed by atoms with Gasteiger partial charge >= 0.3 is 0 Å². The number of hydrogen-bond donors (Lipinski definition) is 0. The zero-order chi connectivity index (χ0) is 12.5. The summed E-state index contributed by atoms with van der Waals surface area (Å²) in [5.41, 5.74) is 2.38. The van der Waals surface area contributed by atoms with Crippen LogP contribution in [-0.2, 0) is 13.0 Å². The molecule has 0 saturated heterocycles. The molecular formula is C14H16ClIN2. The predicted octanol–water partition coefficient (Wildman–Crippen LogP) is 4.22. The van der Waals surface area contributed by atoms with Gasteiger partial charge in [-0.3, -0.25) is 0 Å². The van der Waals surface area contributed by atoms with E-state index in [-0.39, 0.29) is 0 Å². The molecule has 96 valence electrons. The maximum absolute atomic E-state index is 5.90. The van der Waals surface area contributed by atoms with Crippen molar-refractivity contribution >= 4 is 45.2 Å². The summed E-state index contributed by atoms with van der Waals surface area (Å²) in [4.78, 5) is 4.75. The number of rotatable bonds is 4. The molecule has 0 bridgehead atoms. The summed E-state index contributed by atoms with van der Waals surface area (Å²) in [5, 5.41) is 0. The molecule has 0 radical (unpaired) electrons. The topological polar surface area (TPSA) is 17.8 Å². The molecule has 2 nitrogen and oxygen atoms in total. The van der Waals surface area contributed by atoms with Gasteiger partial charge < -0.3 is 4.57 Å². The molecule has 3 rings (SSSR count). The predicted molar refractivity (Wildman–Crippen MR) is 84.2 cm³/mol. The summed E-state index contributed by atoms with van der Waals surface area (Å²) in [6.07, 6.45) is 4.98. The second kappa shape index (κ2) is 5.37. The molecule has 0 N–H and O–H groups in total. The Balaban J connectivity index is 2.02. The van der Waals surface area contributed by atoms with E-state index >= 15 is 0 Å². The molecule has 1 saturated carbocycles. The van der Waals surface area contributed by atoms with E-state index in [0.29, 0.717) is 5.88 Å². The van der Waals surface area contributed by atoms with Crippen LogP contribution in [0.3, 0.4) is 0 Å². The summed E-state index contributed by atoms with van der Waals surface area (Å²) >= 11 is 8.24. The van der Waals surface area contributed by atoms with Gasteiger partial charge in [0.05, 0.1) is 11.0 Å². The first-order chi connectivity index (χ1) is 8.78. The van der Waals surface area contributed by atoms with Crippen molar-refractivity contribution < 1.29 is 0 Å². The lowest BCUT2D eigenvalue weighted by atomic mass is 9.85. The summed E-state index contributed by atoms with van der Waals surface area (Å²) < 4.78 is 3.63. The lowest BCUT2D eigenvalue weighted by molar-refractivity contribution is 0.277. The highest BCUT2D eigenvalue weighted by molar-refractivity contribution is 14.1. The van der Waals surface area contributed by atoms with Gasteiger partial charge in [0.15, 0.2) is 0 Å². The minimum atomic E-state index is 0.644. The average Bonchev–Trinajstić information content (AvgIpc) is 2.61. The van der Waals surface area contributed by atoms with Crippen LogP contribution in [0.1, 0.15) is 25.1 Å². The zero-order valence-corrected chi connectivity index (χ0v) is 13.1. The van der Waals surface area contributed by atoms with Crippen LogP contribution < -0.4 is 0 Å². The number of benzene rings is 1. The van der Waals surface area contributed by atoms with Gasteiger partial charge in [-0.25, -0.2) is 4.98 Å². The van der Waals surface area contributed by atoms with Crippen LogP contribution in [-0.4, -0.2) is 15.4 Å². The normalized spacial score (nSPS) is 16.1. The zero-order valence-electron chi connectivity index (χ0n) is 10.2. The molecule has 0 spiro atoms. The number of nitrogens with zero attached hydrogens (tertiary/aromatic N) is 2. The van der Waals surface area contributed by atoms with E-state index in [4.69, 9.17) is 16.6 Å². The quantitative estimate of drug-likeness (QED) is 0.579. The molecule has 0 atom stereocenters. The summed E-state index contributed by atoms with van der Waals surface area (Å²) in [5.74, 6) is 2.63. The summed E-state index contributed by atoms with van der Waals surface area (Å²) in [7, 11) is 0. The number of alkyl halides is 1. The molecule has 1 aromatic carbocycles. The van der Waals surface area contributed by atoms with Crippen LogP contribution in [0, 0.1) is 9.49 Å². The van der Waals surface area contributed by atoms with Crippen molar-refractivity contribution in [3.63, 3.8) is 0 Å². The Labute approximate surface area is 126 Å². The summed E-state index contributed by atoms with van der Waals surface area (Å²) in [6, 6.07) is 6.51. The molecule has 1 aromatic heterocycles. The lowest BCUT2D eigenvalue weighted by Gasteiger charge is -2.26. The maximum atomic E-state index is 5.90. The first kappa shape index (κ1) is 12.7. The second-order valence-corrected chi connectivity index (χ2v) is 6.63. The van der Waals surface area contributed by atoms with Crippen molar-refractivity contribution in [2.24, 2.45) is 5.92 Å². The highest BCUT2D eigenvalue weighted by atomic mass is 127. The van der Waals surface area contributed by atoms with Crippen LogP contribution in [0.2, 0.25) is 0 Å². The Kier molecular flexibility index (Phi) is 3.80. The molecule has 1 fully saturated rings. The number of imidazole rings is 1. The maximum Gasteiger partial charge on any atom is 0.111 e. The molecule has 0 amide bonds. The minimum absolute atomic E-state index is 0.644. The van der Waals surface area contributed by atoms with E-state index in [9.17, 15) is 0 Å². The van der Waals surface area contributed by atoms with Gasteiger partial charge in [-0.05, 0) is 59.5 Å². The fourth-order valence-electron chi connectivity index (χ4n) is 2.57. The van der Waals surface area contributed by atoms with Gasteiger partial charge in [0.2, 0.25) is 0 Å². The Bertz CT molecular complexity index is 560. The van der Waals surface area contributed by atoms with Crippen LogP contribution in [0.15, 0.2) is 18.2 Å². The van der Waals surface area contributed by atoms with Crippen LogP contribution in [0.25, 0.3) is 11.0 Å². The van der Waals surface area contributed by atoms with E-state index in [1.165, 1.54) is 28.3 Å². The Morgan fingerprint density at radius 3 is 2.89 bits per heavy atom. The van der Waals surface area contributed by atoms with Gasteiger partial charge in [0.1, 0.15) is 5.82 Å². The minimum Gasteiger partial charge on any atom is -0.328 e. The van der Waals surface area contributed by atoms with Crippen molar-refractivity contribution in [3.8, 4) is 0 Å². The molecule has 2 aromatic rings. The monoisotopic (exact) mass is 374 g/mol. The van der Waals surface area contributed by atoms with E-state index in [0.717, 1.165) is 30.2 Å². The molecule has 1 aliphatic carbocycles. The smallest absolute Gasteiger partial charge is 0.111 e. The number of aromatic nitrogens is 2. The number of hydrogen-bond acceptors (Lipinski definition) is 1. The molecule has 4 heteroatoms. The van der Waals surface area contributed by atoms with Crippen molar-refractivity contribution in [3.05, 3.63) is 27.6 Å². The highest BCUT2D eigenvalue weighted by Gasteiger charge is 2.20. The van der Waals surface area contributed by atoms with Crippen LogP contribution in [0.5, 0.6) is 0 Å². The van der Waals surface area contributed by atoms with Gasteiger partial charge in [-0.15, -0.1) is 11.6 Å². The summed E-state index contributed by atoms with van der Waals surface area (Å²) in [6.45, 7) is 1.11. The number of fused-ring (bicyclic) bond motifs is 1. The third-order valence-corrected chi connectivity index (χ3v) is 4.63. The Morgan fingerprint density at radius 2 is 2.22 bits per heavy atom. The fourth-order valence-corrected chi connectivity index (χ4v) is 3.21. The van der Waals surface area contributed by atoms with E-state index in [1.54, 1.807) is 0 Å². The molecule has 1 aliphatic rings. The van der Waals surface area contributed by atoms with Crippen LogP contribution in [0.4, 0.5) is 0 Å². The number of aryl methyl sites for hydroxylation is 1. The van der Waals surface area contributed by atoms with Crippen molar-refractivity contribution in [1.82, 2.24) is 9.55 Å². The lowest BCUT2D eigenvalue weighted by Crippen LogP contribution is -2.19. The average molecular weight is 375 g/mol. The SMILES string of the molecule is ClCCc1nc2cc(I)ccc2n1CC1CCC1. The van der Waals surface area contributed by atoms with E-state index in [1.807, 2.05) is 0 Å². The molecule has 0 unspecified atom stereocenters. The van der Waals surface area contributed by atoms with Gasteiger partial charge in [-0.1, -0.05) is 6.42 Å². The van der Waals surface area contributed by atoms with Gasteiger partial charge in [-0.2, -0.15) is 0 Å². The second-order valence-electron chi connectivity index (χ2n) is 5.01. The molecule has 0 aliphatic heterocycles. The largest absolute Gasteiger partial charge is 0.328 e. The Morgan fingerprint density at radius 1 is 1.39 bits per heavy atom. The third-order valence-electron chi connectivity index (χ3n) is 3.77. The van der Waals surface area contributed by atoms with Crippen molar-refractivity contribution in [1.29, 1.82) is 0 Å². The first-order valence-corrected chi connectivity index (χ1v) is 8.10. The highest BCUT2D eigenvalue weighted by Crippen LogP contribution is 2.30. The third kappa shape index (κ3) is 2.39. The standard InChI is InChI=1S/C14H16ClIN2/c15-7-6-14-17-12-8-11(16)4-5-13(12)18(14)9-10-2-1-3-10/h4-5,8,10H,1-3,6-7,9H2. The molecule has 18 heavy (non-hydrogen) atoms. The van der Waals surface area contributed by atoms with E-state index in [2.05, 4.69) is 45.4 Å². The van der Waals surface area contributed by atoms with Crippen molar-refractivity contribution in [2.45, 2.75) is 32.2 Å². The molecule has 1 heterocycles. The fraction of sp³-hybridized carbons (Fsp3) is 0.500. The van der Waals surface area contributed by atoms with Crippen LogP contribution >= 0.6 is 34.2 Å². The van der Waals surface area contributed by atoms with E-state index < -0.39 is 0 Å². The van der Waals surface area contributed by atoms with Crippen molar-refractivity contribution in [2.75, 3.05) is 5.88 Å². The molecular weight excluding hydrogens is 359 g/mol. The van der Waals surface area contributed by atoms with Gasteiger partial charge in [0, 0.05) is 22.4 Å². The first-order valence-electron chi connectivity index (χ1n) is 6.48.